The maximum Gasteiger partial charge on any atom is 0.162 e. The van der Waals surface area contributed by atoms with Crippen LogP contribution in [0.25, 0.3) is 0 Å². The zero-order valence-electron chi connectivity index (χ0n) is 10.6. The van der Waals surface area contributed by atoms with E-state index in [1.807, 2.05) is 6.07 Å². The number of benzene rings is 1. The van der Waals surface area contributed by atoms with E-state index in [1.54, 1.807) is 19.2 Å². The molecule has 3 nitrogen and oxygen atoms in total. The van der Waals surface area contributed by atoms with Crippen LogP contribution in [0.5, 0.6) is 11.5 Å². The molecular weight excluding hydrogens is 226 g/mol. The fourth-order valence-corrected chi connectivity index (χ4v) is 3.33. The van der Waals surface area contributed by atoms with Crippen molar-refractivity contribution in [1.29, 1.82) is 5.26 Å². The Labute approximate surface area is 107 Å². The molecule has 0 amide bonds. The minimum Gasteiger partial charge on any atom is -0.493 e. The molecule has 2 fully saturated rings. The first-order valence-electron chi connectivity index (χ1n) is 6.55. The molecule has 0 radical (unpaired) electrons. The summed E-state index contributed by atoms with van der Waals surface area (Å²) < 4.78 is 11.4. The van der Waals surface area contributed by atoms with Gasteiger partial charge >= 0.3 is 0 Å². The highest BCUT2D eigenvalue weighted by Gasteiger charge is 2.41. The predicted octanol–water partition coefficient (Wildman–Crippen LogP) is 3.13. The molecule has 2 aliphatic rings. The summed E-state index contributed by atoms with van der Waals surface area (Å²) in [6, 6.07) is 7.49. The fourth-order valence-electron chi connectivity index (χ4n) is 3.33. The van der Waals surface area contributed by atoms with Crippen molar-refractivity contribution in [3.8, 4) is 17.6 Å². The molecule has 3 rings (SSSR count). The van der Waals surface area contributed by atoms with Gasteiger partial charge in [0, 0.05) is 6.07 Å². The number of nitrogens with zero attached hydrogens (tertiary/aromatic N) is 1. The summed E-state index contributed by atoms with van der Waals surface area (Å²) >= 11 is 0. The van der Waals surface area contributed by atoms with Gasteiger partial charge in [-0.05, 0) is 49.7 Å². The monoisotopic (exact) mass is 243 g/mol. The molecule has 0 saturated heterocycles. The van der Waals surface area contributed by atoms with Crippen molar-refractivity contribution < 1.29 is 9.47 Å². The SMILES string of the molecule is COc1cc(C#N)ccc1OC1CC2CCC1C2. The number of nitriles is 1. The normalized spacial score (nSPS) is 29.0. The van der Waals surface area contributed by atoms with Gasteiger partial charge in [-0.3, -0.25) is 0 Å². The predicted molar refractivity (Wildman–Crippen MR) is 67.6 cm³/mol. The van der Waals surface area contributed by atoms with E-state index in [4.69, 9.17) is 14.7 Å². The van der Waals surface area contributed by atoms with E-state index in [-0.39, 0.29) is 0 Å². The van der Waals surface area contributed by atoms with Gasteiger partial charge in [-0.15, -0.1) is 0 Å². The quantitative estimate of drug-likeness (QED) is 0.819. The van der Waals surface area contributed by atoms with E-state index >= 15 is 0 Å². The lowest BCUT2D eigenvalue weighted by Crippen LogP contribution is -2.23. The maximum atomic E-state index is 8.87. The minimum atomic E-state index is 0.339. The van der Waals surface area contributed by atoms with Gasteiger partial charge in [0.2, 0.25) is 0 Å². The highest BCUT2D eigenvalue weighted by Crippen LogP contribution is 2.46. The average Bonchev–Trinajstić information content (AvgIpc) is 3.01. The summed E-state index contributed by atoms with van der Waals surface area (Å²) in [4.78, 5) is 0. The Morgan fingerprint density at radius 2 is 2.11 bits per heavy atom. The van der Waals surface area contributed by atoms with Crippen LogP contribution in [0, 0.1) is 23.2 Å². The molecule has 0 heterocycles. The Bertz CT molecular complexity index is 492. The van der Waals surface area contributed by atoms with Gasteiger partial charge in [-0.25, -0.2) is 0 Å². The lowest BCUT2D eigenvalue weighted by Gasteiger charge is -2.24. The second-order valence-electron chi connectivity index (χ2n) is 5.31. The van der Waals surface area contributed by atoms with Crippen LogP contribution in [0.4, 0.5) is 0 Å². The summed E-state index contributed by atoms with van der Waals surface area (Å²) in [5.74, 6) is 3.02. The molecule has 2 aliphatic carbocycles. The van der Waals surface area contributed by atoms with Crippen molar-refractivity contribution in [3.63, 3.8) is 0 Å². The molecule has 3 atom stereocenters. The van der Waals surface area contributed by atoms with Crippen molar-refractivity contribution in [3.05, 3.63) is 23.8 Å². The maximum absolute atomic E-state index is 8.87. The van der Waals surface area contributed by atoms with Crippen molar-refractivity contribution in [2.45, 2.75) is 31.8 Å². The first kappa shape index (κ1) is 11.4. The molecule has 94 valence electrons. The van der Waals surface area contributed by atoms with Crippen LogP contribution in [-0.2, 0) is 0 Å². The summed E-state index contributed by atoms with van der Waals surface area (Å²) in [7, 11) is 1.62. The van der Waals surface area contributed by atoms with Crippen LogP contribution in [0.2, 0.25) is 0 Å². The van der Waals surface area contributed by atoms with Gasteiger partial charge in [-0.1, -0.05) is 0 Å². The molecule has 2 bridgehead atoms. The molecule has 0 N–H and O–H groups in total. The van der Waals surface area contributed by atoms with E-state index in [9.17, 15) is 0 Å². The van der Waals surface area contributed by atoms with Gasteiger partial charge in [0.1, 0.15) is 6.10 Å². The van der Waals surface area contributed by atoms with Crippen molar-refractivity contribution in [2.75, 3.05) is 7.11 Å². The highest BCUT2D eigenvalue weighted by atomic mass is 16.5. The van der Waals surface area contributed by atoms with E-state index in [1.165, 1.54) is 25.7 Å². The summed E-state index contributed by atoms with van der Waals surface area (Å²) in [6.07, 6.45) is 5.51. The average molecular weight is 243 g/mol. The van der Waals surface area contributed by atoms with Gasteiger partial charge in [0.15, 0.2) is 11.5 Å². The van der Waals surface area contributed by atoms with Crippen LogP contribution < -0.4 is 9.47 Å². The lowest BCUT2D eigenvalue weighted by molar-refractivity contribution is 0.133. The van der Waals surface area contributed by atoms with Crippen molar-refractivity contribution >= 4 is 0 Å². The van der Waals surface area contributed by atoms with Gasteiger partial charge in [-0.2, -0.15) is 5.26 Å². The van der Waals surface area contributed by atoms with Crippen LogP contribution in [-0.4, -0.2) is 13.2 Å². The zero-order chi connectivity index (χ0) is 12.5. The Balaban J connectivity index is 1.78. The molecule has 1 aromatic carbocycles. The Morgan fingerprint density at radius 1 is 1.22 bits per heavy atom. The Hall–Kier alpha value is -1.69. The van der Waals surface area contributed by atoms with Crippen LogP contribution in [0.15, 0.2) is 18.2 Å². The summed E-state index contributed by atoms with van der Waals surface area (Å²) in [6.45, 7) is 0. The van der Waals surface area contributed by atoms with E-state index in [0.717, 1.165) is 17.6 Å². The largest absolute Gasteiger partial charge is 0.493 e. The molecule has 18 heavy (non-hydrogen) atoms. The summed E-state index contributed by atoms with van der Waals surface area (Å²) in [5, 5.41) is 8.87. The first-order valence-corrected chi connectivity index (χ1v) is 6.55. The number of rotatable bonds is 3. The topological polar surface area (TPSA) is 42.2 Å². The fraction of sp³-hybridized carbons (Fsp3) is 0.533. The number of hydrogen-bond acceptors (Lipinski definition) is 3. The summed E-state index contributed by atoms with van der Waals surface area (Å²) in [5.41, 5.74) is 0.604. The standard InChI is InChI=1S/C15H17NO2/c1-17-15-8-11(9-16)3-5-13(15)18-14-7-10-2-4-12(14)6-10/h3,5,8,10,12,14H,2,4,6-7H2,1H3. The molecule has 2 saturated carbocycles. The Morgan fingerprint density at radius 3 is 2.72 bits per heavy atom. The third kappa shape index (κ3) is 1.92. The highest BCUT2D eigenvalue weighted by molar-refractivity contribution is 5.46. The number of fused-ring (bicyclic) bond motifs is 2. The van der Waals surface area contributed by atoms with Crippen molar-refractivity contribution in [1.82, 2.24) is 0 Å². The van der Waals surface area contributed by atoms with Gasteiger partial charge in [0.05, 0.1) is 18.7 Å². The molecule has 0 spiro atoms. The number of methoxy groups -OCH3 is 1. The second-order valence-corrected chi connectivity index (χ2v) is 5.31. The van der Waals surface area contributed by atoms with Crippen LogP contribution >= 0.6 is 0 Å². The smallest absolute Gasteiger partial charge is 0.162 e. The lowest BCUT2D eigenvalue weighted by atomic mass is 9.98. The van der Waals surface area contributed by atoms with E-state index < -0.39 is 0 Å². The number of hydrogen-bond donors (Lipinski definition) is 0. The van der Waals surface area contributed by atoms with Crippen LogP contribution in [0.3, 0.4) is 0 Å². The molecule has 0 aromatic heterocycles. The van der Waals surface area contributed by atoms with E-state index in [2.05, 4.69) is 6.07 Å². The van der Waals surface area contributed by atoms with E-state index in [0.29, 0.717) is 17.4 Å². The second kappa shape index (κ2) is 4.53. The third-order valence-electron chi connectivity index (χ3n) is 4.24. The molecule has 3 unspecified atom stereocenters. The first-order chi connectivity index (χ1) is 8.80. The molecular formula is C15H17NO2. The zero-order valence-corrected chi connectivity index (χ0v) is 10.6. The Kier molecular flexibility index (Phi) is 2.87. The third-order valence-corrected chi connectivity index (χ3v) is 4.24. The minimum absolute atomic E-state index is 0.339. The van der Waals surface area contributed by atoms with Gasteiger partial charge in [0.25, 0.3) is 0 Å². The number of ether oxygens (including phenoxy) is 2. The van der Waals surface area contributed by atoms with Crippen LogP contribution in [0.1, 0.15) is 31.2 Å². The van der Waals surface area contributed by atoms with Gasteiger partial charge < -0.3 is 9.47 Å². The molecule has 0 aliphatic heterocycles. The van der Waals surface area contributed by atoms with Crippen molar-refractivity contribution in [2.24, 2.45) is 11.8 Å². The molecule has 1 aromatic rings. The molecule has 3 heteroatoms.